The highest BCUT2D eigenvalue weighted by Crippen LogP contribution is 2.29. The molecule has 17 heavy (non-hydrogen) atoms. The Labute approximate surface area is 97.9 Å². The Morgan fingerprint density at radius 3 is 3.00 bits per heavy atom. The molecule has 0 saturated carbocycles. The van der Waals surface area contributed by atoms with Crippen LogP contribution < -0.4 is 4.90 Å². The molecule has 0 aliphatic carbocycles. The van der Waals surface area contributed by atoms with E-state index in [1.165, 1.54) is 19.1 Å². The van der Waals surface area contributed by atoms with Crippen molar-refractivity contribution in [2.24, 2.45) is 0 Å². The van der Waals surface area contributed by atoms with Crippen molar-refractivity contribution in [1.82, 2.24) is 4.98 Å². The van der Waals surface area contributed by atoms with E-state index >= 15 is 0 Å². The second-order valence-electron chi connectivity index (χ2n) is 4.23. The molecule has 2 heterocycles. The number of anilines is 1. The number of benzene rings is 1. The van der Waals surface area contributed by atoms with Gasteiger partial charge in [0.25, 0.3) is 0 Å². The first-order valence-corrected chi connectivity index (χ1v) is 5.52. The van der Waals surface area contributed by atoms with Crippen molar-refractivity contribution in [1.29, 1.82) is 0 Å². The van der Waals surface area contributed by atoms with Crippen molar-refractivity contribution in [2.45, 2.75) is 13.3 Å². The van der Waals surface area contributed by atoms with Gasteiger partial charge in [-0.1, -0.05) is 0 Å². The summed E-state index contributed by atoms with van der Waals surface area (Å²) < 4.78 is 13.1. The molecule has 3 rings (SSSR count). The van der Waals surface area contributed by atoms with Crippen LogP contribution >= 0.6 is 0 Å². The minimum atomic E-state index is -0.308. The highest BCUT2D eigenvalue weighted by molar-refractivity contribution is 5.94. The van der Waals surface area contributed by atoms with E-state index in [1.807, 2.05) is 6.07 Å². The Kier molecular flexibility index (Phi) is 2.11. The van der Waals surface area contributed by atoms with E-state index in [9.17, 15) is 9.18 Å². The van der Waals surface area contributed by atoms with Gasteiger partial charge in [0.15, 0.2) is 0 Å². The zero-order valence-corrected chi connectivity index (χ0v) is 9.40. The van der Waals surface area contributed by atoms with E-state index in [0.29, 0.717) is 17.9 Å². The van der Waals surface area contributed by atoms with Gasteiger partial charge in [-0.15, -0.1) is 0 Å². The van der Waals surface area contributed by atoms with Crippen LogP contribution in [0.1, 0.15) is 12.5 Å². The number of pyridine rings is 1. The molecule has 1 aliphatic rings. The van der Waals surface area contributed by atoms with Crippen LogP contribution in [0, 0.1) is 5.82 Å². The molecule has 4 heteroatoms. The molecule has 0 bridgehead atoms. The van der Waals surface area contributed by atoms with Gasteiger partial charge < -0.3 is 0 Å². The summed E-state index contributed by atoms with van der Waals surface area (Å²) in [6, 6.07) is 6.52. The number of aromatic nitrogens is 1. The van der Waals surface area contributed by atoms with Gasteiger partial charge in [0, 0.05) is 24.9 Å². The molecular formula is C13H11FN2O. The van der Waals surface area contributed by atoms with Crippen LogP contribution in [0.15, 0.2) is 24.3 Å². The van der Waals surface area contributed by atoms with Crippen LogP contribution in [0.4, 0.5) is 10.2 Å². The first-order chi connectivity index (χ1) is 8.15. The Hall–Kier alpha value is -1.97. The van der Waals surface area contributed by atoms with Gasteiger partial charge in [-0.2, -0.15) is 0 Å². The Balaban J connectivity index is 2.23. The first kappa shape index (κ1) is 10.2. The average Bonchev–Trinajstić information content (AvgIpc) is 2.68. The number of rotatable bonds is 0. The maximum absolute atomic E-state index is 13.1. The number of hydrogen-bond donors (Lipinski definition) is 0. The number of nitrogens with zero attached hydrogens (tertiary/aromatic N) is 2. The molecule has 0 spiro atoms. The number of carbonyl (C=O) groups is 1. The monoisotopic (exact) mass is 230 g/mol. The Morgan fingerprint density at radius 2 is 2.24 bits per heavy atom. The summed E-state index contributed by atoms with van der Waals surface area (Å²) in [5.74, 6) is 0.347. The molecule has 1 aromatic heterocycles. The lowest BCUT2D eigenvalue weighted by Crippen LogP contribution is -2.26. The molecule has 0 unspecified atom stereocenters. The first-order valence-electron chi connectivity index (χ1n) is 5.52. The zero-order chi connectivity index (χ0) is 12.0. The van der Waals surface area contributed by atoms with Crippen LogP contribution in [-0.4, -0.2) is 17.4 Å². The molecule has 1 aliphatic heterocycles. The van der Waals surface area contributed by atoms with Crippen LogP contribution in [-0.2, 0) is 11.2 Å². The van der Waals surface area contributed by atoms with Crippen LogP contribution in [0.25, 0.3) is 10.9 Å². The van der Waals surface area contributed by atoms with Gasteiger partial charge >= 0.3 is 0 Å². The van der Waals surface area contributed by atoms with Crippen LogP contribution in [0.2, 0.25) is 0 Å². The zero-order valence-electron chi connectivity index (χ0n) is 9.40. The van der Waals surface area contributed by atoms with Crippen molar-refractivity contribution in [3.05, 3.63) is 35.6 Å². The lowest BCUT2D eigenvalue weighted by Gasteiger charge is -2.13. The normalized spacial score (nSPS) is 14.1. The highest BCUT2D eigenvalue weighted by Gasteiger charge is 2.24. The molecule has 86 valence electrons. The minimum Gasteiger partial charge on any atom is -0.296 e. The molecule has 3 nitrogen and oxygen atoms in total. The van der Waals surface area contributed by atoms with E-state index in [1.54, 1.807) is 11.0 Å². The van der Waals surface area contributed by atoms with E-state index in [2.05, 4.69) is 4.98 Å². The van der Waals surface area contributed by atoms with Crippen molar-refractivity contribution in [3.8, 4) is 0 Å². The largest absolute Gasteiger partial charge is 0.296 e. The van der Waals surface area contributed by atoms with Gasteiger partial charge in [0.1, 0.15) is 11.6 Å². The summed E-state index contributed by atoms with van der Waals surface area (Å²) in [6.07, 6.45) is 0.815. The van der Waals surface area contributed by atoms with Crippen molar-refractivity contribution in [3.63, 3.8) is 0 Å². The van der Waals surface area contributed by atoms with Gasteiger partial charge in [0.05, 0.1) is 5.52 Å². The Morgan fingerprint density at radius 1 is 1.41 bits per heavy atom. The quantitative estimate of drug-likeness (QED) is 0.695. The summed E-state index contributed by atoms with van der Waals surface area (Å²) in [5, 5.41) is 0.913. The summed E-state index contributed by atoms with van der Waals surface area (Å²) in [7, 11) is 0. The second-order valence-corrected chi connectivity index (χ2v) is 4.23. The van der Waals surface area contributed by atoms with Crippen molar-refractivity contribution >= 4 is 22.6 Å². The molecule has 0 fully saturated rings. The smallest absolute Gasteiger partial charge is 0.225 e. The number of halogens is 1. The number of hydrogen-bond acceptors (Lipinski definition) is 2. The maximum atomic E-state index is 13.1. The third-order valence-corrected chi connectivity index (χ3v) is 3.08. The fourth-order valence-electron chi connectivity index (χ4n) is 2.24. The summed E-state index contributed by atoms with van der Waals surface area (Å²) in [5.41, 5.74) is 1.65. The van der Waals surface area contributed by atoms with Crippen molar-refractivity contribution < 1.29 is 9.18 Å². The number of carbonyl (C=O) groups excluding carboxylic acids is 1. The SMILES string of the molecule is CC(=O)N1CCc2cc3ccc(F)cc3nc21. The predicted octanol–water partition coefficient (Wildman–Crippen LogP) is 2.28. The lowest BCUT2D eigenvalue weighted by molar-refractivity contribution is -0.116. The standard InChI is InChI=1S/C13H11FN2O/c1-8(17)16-5-4-10-6-9-2-3-11(14)7-12(9)15-13(10)16/h2-3,6-7H,4-5H2,1H3. The van der Waals surface area contributed by atoms with E-state index in [-0.39, 0.29) is 11.7 Å². The minimum absolute atomic E-state index is 0.0213. The fourth-order valence-corrected chi connectivity index (χ4v) is 2.24. The lowest BCUT2D eigenvalue weighted by atomic mass is 10.1. The predicted molar refractivity (Wildman–Crippen MR) is 63.4 cm³/mol. The van der Waals surface area contributed by atoms with Gasteiger partial charge in [0.2, 0.25) is 5.91 Å². The highest BCUT2D eigenvalue weighted by atomic mass is 19.1. The van der Waals surface area contributed by atoms with Crippen LogP contribution in [0.5, 0.6) is 0 Å². The molecular weight excluding hydrogens is 219 g/mol. The Bertz CT molecular complexity index is 624. The van der Waals surface area contributed by atoms with Gasteiger partial charge in [-0.25, -0.2) is 9.37 Å². The average molecular weight is 230 g/mol. The summed E-state index contributed by atoms with van der Waals surface area (Å²) in [6.45, 7) is 2.18. The van der Waals surface area contributed by atoms with E-state index in [0.717, 1.165) is 17.4 Å². The van der Waals surface area contributed by atoms with Gasteiger partial charge in [-0.05, 0) is 30.2 Å². The second kappa shape index (κ2) is 3.52. The topological polar surface area (TPSA) is 33.2 Å². The number of amides is 1. The van der Waals surface area contributed by atoms with Crippen molar-refractivity contribution in [2.75, 3.05) is 11.4 Å². The molecule has 0 N–H and O–H groups in total. The number of fused-ring (bicyclic) bond motifs is 2. The summed E-state index contributed by atoms with van der Waals surface area (Å²) >= 11 is 0. The third-order valence-electron chi connectivity index (χ3n) is 3.08. The molecule has 1 aromatic carbocycles. The molecule has 1 amide bonds. The third kappa shape index (κ3) is 1.56. The van der Waals surface area contributed by atoms with E-state index in [4.69, 9.17) is 0 Å². The van der Waals surface area contributed by atoms with Crippen LogP contribution in [0.3, 0.4) is 0 Å². The molecule has 0 atom stereocenters. The van der Waals surface area contributed by atoms with Gasteiger partial charge in [-0.3, -0.25) is 9.69 Å². The molecule has 2 aromatic rings. The fraction of sp³-hybridized carbons (Fsp3) is 0.231. The maximum Gasteiger partial charge on any atom is 0.225 e. The van der Waals surface area contributed by atoms with E-state index < -0.39 is 0 Å². The molecule has 0 saturated heterocycles. The molecule has 0 radical (unpaired) electrons. The summed E-state index contributed by atoms with van der Waals surface area (Å²) in [4.78, 5) is 17.4.